The first-order valence-electron chi connectivity index (χ1n) is 4.12. The van der Waals surface area contributed by atoms with Crippen LogP contribution in [0, 0.1) is 5.82 Å². The van der Waals surface area contributed by atoms with E-state index in [1.807, 2.05) is 6.92 Å². The van der Waals surface area contributed by atoms with Crippen LogP contribution < -0.4 is 0 Å². The minimum atomic E-state index is -0.253. The molecule has 0 unspecified atom stereocenters. The third kappa shape index (κ3) is 1.29. The van der Waals surface area contributed by atoms with Gasteiger partial charge in [0.2, 0.25) is 0 Å². The van der Waals surface area contributed by atoms with Crippen molar-refractivity contribution >= 4 is 21.4 Å². The molecule has 0 atom stereocenters. The van der Waals surface area contributed by atoms with E-state index in [9.17, 15) is 9.50 Å². The first-order valence-corrected chi connectivity index (χ1v) is 4.94. The van der Waals surface area contributed by atoms with Crippen LogP contribution in [0.5, 0.6) is 5.75 Å². The topological polar surface area (TPSA) is 20.2 Å². The van der Waals surface area contributed by atoms with Crippen LogP contribution in [0.3, 0.4) is 0 Å². The molecule has 0 amide bonds. The van der Waals surface area contributed by atoms with Crippen molar-refractivity contribution in [1.29, 1.82) is 0 Å². The summed E-state index contributed by atoms with van der Waals surface area (Å²) in [4.78, 5) is 0.917. The van der Waals surface area contributed by atoms with Gasteiger partial charge in [0.25, 0.3) is 0 Å². The van der Waals surface area contributed by atoms with E-state index in [-0.39, 0.29) is 5.82 Å². The molecular weight excluding hydrogens is 187 g/mol. The zero-order chi connectivity index (χ0) is 9.42. The van der Waals surface area contributed by atoms with E-state index in [4.69, 9.17) is 0 Å². The Morgan fingerprint density at radius 1 is 1.46 bits per heavy atom. The van der Waals surface area contributed by atoms with Crippen LogP contribution in [0.25, 0.3) is 10.1 Å². The Morgan fingerprint density at radius 3 is 2.92 bits per heavy atom. The molecule has 68 valence electrons. The minimum Gasteiger partial charge on any atom is -0.506 e. The maximum atomic E-state index is 12.8. The Labute approximate surface area is 79.4 Å². The smallest absolute Gasteiger partial charge is 0.137 e. The number of aryl methyl sites for hydroxylation is 1. The molecule has 1 aromatic carbocycles. The molecule has 0 radical (unpaired) electrons. The molecule has 1 N–H and O–H groups in total. The third-order valence-corrected chi connectivity index (χ3v) is 3.30. The lowest BCUT2D eigenvalue weighted by atomic mass is 10.2. The largest absolute Gasteiger partial charge is 0.506 e. The zero-order valence-corrected chi connectivity index (χ0v) is 7.99. The van der Waals surface area contributed by atoms with Gasteiger partial charge in [0.1, 0.15) is 11.6 Å². The predicted molar refractivity (Wildman–Crippen MR) is 52.8 cm³/mol. The van der Waals surface area contributed by atoms with Crippen LogP contribution in [0.2, 0.25) is 0 Å². The van der Waals surface area contributed by atoms with Gasteiger partial charge in [-0.25, -0.2) is 4.39 Å². The van der Waals surface area contributed by atoms with Crippen LogP contribution in [-0.2, 0) is 6.42 Å². The maximum Gasteiger partial charge on any atom is 0.137 e. The van der Waals surface area contributed by atoms with Gasteiger partial charge in [-0.3, -0.25) is 0 Å². The number of rotatable bonds is 1. The Kier molecular flexibility index (Phi) is 1.96. The molecule has 1 heterocycles. The van der Waals surface area contributed by atoms with Crippen molar-refractivity contribution in [3.63, 3.8) is 0 Å². The fourth-order valence-electron chi connectivity index (χ4n) is 1.35. The van der Waals surface area contributed by atoms with Crippen LogP contribution in [0.1, 0.15) is 11.8 Å². The first-order chi connectivity index (χ1) is 6.22. The summed E-state index contributed by atoms with van der Waals surface area (Å²) in [5.41, 5.74) is 0. The molecule has 1 nitrogen and oxygen atoms in total. The van der Waals surface area contributed by atoms with Crippen molar-refractivity contribution in [1.82, 2.24) is 0 Å². The number of hydrogen-bond acceptors (Lipinski definition) is 2. The lowest BCUT2D eigenvalue weighted by Crippen LogP contribution is -1.71. The van der Waals surface area contributed by atoms with Gasteiger partial charge in [0.05, 0.1) is 0 Å². The summed E-state index contributed by atoms with van der Waals surface area (Å²) < 4.78 is 13.6. The summed E-state index contributed by atoms with van der Waals surface area (Å²) in [7, 11) is 0. The van der Waals surface area contributed by atoms with Gasteiger partial charge in [0, 0.05) is 15.0 Å². The van der Waals surface area contributed by atoms with E-state index in [0.29, 0.717) is 5.75 Å². The van der Waals surface area contributed by atoms with E-state index in [1.165, 1.54) is 23.5 Å². The number of aromatic hydroxyl groups is 1. The van der Waals surface area contributed by atoms with Gasteiger partial charge in [-0.05, 0) is 24.6 Å². The van der Waals surface area contributed by atoms with Crippen molar-refractivity contribution in [2.75, 3.05) is 0 Å². The molecular formula is C10H9FOS. The SMILES string of the molecule is CCc1sc2cc(F)ccc2c1O. The van der Waals surface area contributed by atoms with Gasteiger partial charge < -0.3 is 5.11 Å². The maximum absolute atomic E-state index is 12.8. The van der Waals surface area contributed by atoms with Crippen molar-refractivity contribution < 1.29 is 9.50 Å². The number of halogens is 1. The van der Waals surface area contributed by atoms with Crippen LogP contribution in [0.4, 0.5) is 4.39 Å². The van der Waals surface area contributed by atoms with Crippen molar-refractivity contribution in [3.8, 4) is 5.75 Å². The second kappa shape index (κ2) is 3.00. The molecule has 0 aliphatic heterocycles. The second-order valence-corrected chi connectivity index (χ2v) is 4.00. The molecule has 2 rings (SSSR count). The normalized spacial score (nSPS) is 10.9. The average molecular weight is 196 g/mol. The quantitative estimate of drug-likeness (QED) is 0.741. The standard InChI is InChI=1S/C10H9FOS/c1-2-8-10(12)7-4-3-6(11)5-9(7)13-8/h3-5,12H,2H2,1H3. The number of fused-ring (bicyclic) bond motifs is 1. The van der Waals surface area contributed by atoms with E-state index in [0.717, 1.165) is 21.4 Å². The predicted octanol–water partition coefficient (Wildman–Crippen LogP) is 3.31. The van der Waals surface area contributed by atoms with E-state index in [2.05, 4.69) is 0 Å². The van der Waals surface area contributed by atoms with Crippen molar-refractivity contribution in [2.24, 2.45) is 0 Å². The molecule has 3 heteroatoms. The summed E-state index contributed by atoms with van der Waals surface area (Å²) in [5, 5.41) is 10.4. The molecule has 1 aromatic heterocycles. The molecule has 0 bridgehead atoms. The summed E-state index contributed by atoms with van der Waals surface area (Å²) in [6.07, 6.45) is 0.785. The summed E-state index contributed by atoms with van der Waals surface area (Å²) in [6.45, 7) is 1.97. The fourth-order valence-corrected chi connectivity index (χ4v) is 2.41. The highest BCUT2D eigenvalue weighted by molar-refractivity contribution is 7.19. The Bertz CT molecular complexity index is 447. The van der Waals surface area contributed by atoms with Crippen molar-refractivity contribution in [3.05, 3.63) is 28.9 Å². The van der Waals surface area contributed by atoms with Gasteiger partial charge in [0.15, 0.2) is 0 Å². The van der Waals surface area contributed by atoms with E-state index in [1.54, 1.807) is 6.07 Å². The van der Waals surface area contributed by atoms with E-state index >= 15 is 0 Å². The Balaban J connectivity index is 2.76. The third-order valence-electron chi connectivity index (χ3n) is 2.02. The number of benzene rings is 1. The highest BCUT2D eigenvalue weighted by atomic mass is 32.1. The fraction of sp³-hybridized carbons (Fsp3) is 0.200. The molecule has 0 spiro atoms. The second-order valence-electron chi connectivity index (χ2n) is 2.87. The van der Waals surface area contributed by atoms with Gasteiger partial charge in [-0.1, -0.05) is 6.92 Å². The monoisotopic (exact) mass is 196 g/mol. The van der Waals surface area contributed by atoms with Crippen LogP contribution in [-0.4, -0.2) is 5.11 Å². The molecule has 0 aliphatic rings. The Hall–Kier alpha value is -1.09. The molecule has 0 fully saturated rings. The number of thiophene rings is 1. The molecule has 0 saturated heterocycles. The van der Waals surface area contributed by atoms with Gasteiger partial charge in [-0.15, -0.1) is 11.3 Å². The summed E-state index contributed by atoms with van der Waals surface area (Å²) in [5.74, 6) is 0.0545. The van der Waals surface area contributed by atoms with Crippen LogP contribution >= 0.6 is 11.3 Å². The van der Waals surface area contributed by atoms with E-state index < -0.39 is 0 Å². The molecule has 2 aromatic rings. The van der Waals surface area contributed by atoms with Crippen molar-refractivity contribution in [2.45, 2.75) is 13.3 Å². The first kappa shape index (κ1) is 8.51. The highest BCUT2D eigenvalue weighted by Gasteiger charge is 2.09. The summed E-state index contributed by atoms with van der Waals surface area (Å²) >= 11 is 1.45. The molecule has 13 heavy (non-hydrogen) atoms. The van der Waals surface area contributed by atoms with Gasteiger partial charge in [-0.2, -0.15) is 0 Å². The average Bonchev–Trinajstić information content (AvgIpc) is 2.42. The lowest BCUT2D eigenvalue weighted by molar-refractivity contribution is 0.478. The van der Waals surface area contributed by atoms with Gasteiger partial charge >= 0.3 is 0 Å². The minimum absolute atomic E-state index is 0.253. The summed E-state index contributed by atoms with van der Waals surface area (Å²) in [6, 6.07) is 4.45. The highest BCUT2D eigenvalue weighted by Crippen LogP contribution is 2.37. The molecule has 0 saturated carbocycles. The Morgan fingerprint density at radius 2 is 2.23 bits per heavy atom. The van der Waals surface area contributed by atoms with Crippen LogP contribution in [0.15, 0.2) is 18.2 Å². The lowest BCUT2D eigenvalue weighted by Gasteiger charge is -1.91. The molecule has 0 aliphatic carbocycles. The zero-order valence-electron chi connectivity index (χ0n) is 7.17. The number of hydrogen-bond donors (Lipinski definition) is 1.